The first-order chi connectivity index (χ1) is 6.13. The molecule has 1 aliphatic heterocycles. The van der Waals surface area contributed by atoms with E-state index in [0.29, 0.717) is 12.1 Å². The van der Waals surface area contributed by atoms with Gasteiger partial charge in [-0.25, -0.2) is 0 Å². The van der Waals surface area contributed by atoms with Gasteiger partial charge in [-0.15, -0.1) is 0 Å². The van der Waals surface area contributed by atoms with Crippen LogP contribution < -0.4 is 5.32 Å². The van der Waals surface area contributed by atoms with Gasteiger partial charge in [-0.1, -0.05) is 0 Å². The van der Waals surface area contributed by atoms with Gasteiger partial charge in [0.05, 0.1) is 0 Å². The molecule has 0 spiro atoms. The molecule has 13 heavy (non-hydrogen) atoms. The van der Waals surface area contributed by atoms with Crippen LogP contribution in [-0.4, -0.2) is 36.1 Å². The van der Waals surface area contributed by atoms with Crippen molar-refractivity contribution >= 4 is 0 Å². The van der Waals surface area contributed by atoms with Gasteiger partial charge in [-0.3, -0.25) is 4.90 Å². The van der Waals surface area contributed by atoms with E-state index >= 15 is 0 Å². The molecular weight excluding hydrogens is 160 g/mol. The van der Waals surface area contributed by atoms with Gasteiger partial charge in [0.15, 0.2) is 0 Å². The fourth-order valence-electron chi connectivity index (χ4n) is 2.54. The number of nitrogens with zero attached hydrogens (tertiary/aromatic N) is 1. The summed E-state index contributed by atoms with van der Waals surface area (Å²) in [5, 5.41) is 3.42. The fraction of sp³-hybridized carbons (Fsp3) is 1.00. The minimum atomic E-state index is 0.683. The summed E-state index contributed by atoms with van der Waals surface area (Å²) >= 11 is 0. The van der Waals surface area contributed by atoms with E-state index in [2.05, 4.69) is 37.9 Å². The zero-order chi connectivity index (χ0) is 9.84. The molecular formula is C11H24N2. The van der Waals surface area contributed by atoms with Gasteiger partial charge in [0.1, 0.15) is 0 Å². The third kappa shape index (κ3) is 2.96. The Labute approximate surface area is 82.7 Å². The lowest BCUT2D eigenvalue weighted by atomic mass is 10.0. The quantitative estimate of drug-likeness (QED) is 0.720. The Balaban J connectivity index is 2.52. The Hall–Kier alpha value is -0.0800. The standard InChI is InChI=1S/C11H24N2/c1-9(2)13(10(3)4)11-5-7-12-8-6-11/h9-12H,5-8H2,1-4H3. The van der Waals surface area contributed by atoms with E-state index in [-0.39, 0.29) is 0 Å². The average Bonchev–Trinajstić information content (AvgIpc) is 2.04. The minimum absolute atomic E-state index is 0.683. The molecule has 0 amide bonds. The SMILES string of the molecule is CC(C)N(C(C)C)C1CCNCC1. The van der Waals surface area contributed by atoms with Crippen molar-refractivity contribution in [2.75, 3.05) is 13.1 Å². The maximum Gasteiger partial charge on any atom is 0.0125 e. The van der Waals surface area contributed by atoms with Gasteiger partial charge in [0, 0.05) is 18.1 Å². The molecule has 1 aliphatic rings. The highest BCUT2D eigenvalue weighted by atomic mass is 15.2. The number of rotatable bonds is 3. The number of hydrogen-bond donors (Lipinski definition) is 1. The molecule has 2 nitrogen and oxygen atoms in total. The third-order valence-corrected chi connectivity index (χ3v) is 2.92. The van der Waals surface area contributed by atoms with Crippen molar-refractivity contribution in [1.82, 2.24) is 10.2 Å². The van der Waals surface area contributed by atoms with Crippen LogP contribution in [0.15, 0.2) is 0 Å². The molecule has 0 aromatic rings. The predicted molar refractivity (Wildman–Crippen MR) is 58.0 cm³/mol. The number of piperidine rings is 1. The molecule has 1 fully saturated rings. The van der Waals surface area contributed by atoms with Crippen LogP contribution in [0.5, 0.6) is 0 Å². The van der Waals surface area contributed by atoms with E-state index < -0.39 is 0 Å². The minimum Gasteiger partial charge on any atom is -0.317 e. The summed E-state index contributed by atoms with van der Waals surface area (Å²) in [6.45, 7) is 11.6. The van der Waals surface area contributed by atoms with Crippen molar-refractivity contribution < 1.29 is 0 Å². The lowest BCUT2D eigenvalue weighted by Crippen LogP contribution is -2.49. The van der Waals surface area contributed by atoms with Crippen LogP contribution in [0.3, 0.4) is 0 Å². The lowest BCUT2D eigenvalue weighted by Gasteiger charge is -2.40. The largest absolute Gasteiger partial charge is 0.317 e. The molecule has 2 heteroatoms. The zero-order valence-electron chi connectivity index (χ0n) is 9.51. The second-order valence-electron chi connectivity index (χ2n) is 4.62. The summed E-state index contributed by atoms with van der Waals surface area (Å²) in [6.07, 6.45) is 2.63. The monoisotopic (exact) mass is 184 g/mol. The smallest absolute Gasteiger partial charge is 0.0125 e. The molecule has 1 heterocycles. The van der Waals surface area contributed by atoms with Gasteiger partial charge in [0.2, 0.25) is 0 Å². The number of nitrogens with one attached hydrogen (secondary N) is 1. The molecule has 78 valence electrons. The first-order valence-electron chi connectivity index (χ1n) is 5.61. The molecule has 1 saturated heterocycles. The second-order valence-corrected chi connectivity index (χ2v) is 4.62. The van der Waals surface area contributed by atoms with E-state index in [4.69, 9.17) is 0 Å². The summed E-state index contributed by atoms with van der Waals surface area (Å²) in [7, 11) is 0. The highest BCUT2D eigenvalue weighted by molar-refractivity contribution is 4.81. The molecule has 1 N–H and O–H groups in total. The van der Waals surface area contributed by atoms with Crippen molar-refractivity contribution in [3.8, 4) is 0 Å². The van der Waals surface area contributed by atoms with Crippen LogP contribution in [0.25, 0.3) is 0 Å². The van der Waals surface area contributed by atoms with Gasteiger partial charge in [-0.2, -0.15) is 0 Å². The Morgan fingerprint density at radius 3 is 1.85 bits per heavy atom. The van der Waals surface area contributed by atoms with Gasteiger partial charge in [0.25, 0.3) is 0 Å². The topological polar surface area (TPSA) is 15.3 Å². The van der Waals surface area contributed by atoms with E-state index in [9.17, 15) is 0 Å². The summed E-state index contributed by atoms with van der Waals surface area (Å²) in [5.41, 5.74) is 0. The van der Waals surface area contributed by atoms with Crippen molar-refractivity contribution in [2.45, 2.75) is 58.7 Å². The average molecular weight is 184 g/mol. The molecule has 0 radical (unpaired) electrons. The van der Waals surface area contributed by atoms with Crippen molar-refractivity contribution in [3.05, 3.63) is 0 Å². The molecule has 0 atom stereocenters. The molecule has 0 aliphatic carbocycles. The molecule has 0 aromatic carbocycles. The first kappa shape index (κ1) is 11.0. The van der Waals surface area contributed by atoms with Crippen LogP contribution >= 0.6 is 0 Å². The molecule has 0 aromatic heterocycles. The van der Waals surface area contributed by atoms with E-state index in [1.165, 1.54) is 25.9 Å². The van der Waals surface area contributed by atoms with E-state index in [0.717, 1.165) is 6.04 Å². The van der Waals surface area contributed by atoms with Crippen LogP contribution in [0.2, 0.25) is 0 Å². The van der Waals surface area contributed by atoms with Gasteiger partial charge >= 0.3 is 0 Å². The third-order valence-electron chi connectivity index (χ3n) is 2.92. The summed E-state index contributed by atoms with van der Waals surface area (Å²) < 4.78 is 0. The summed E-state index contributed by atoms with van der Waals surface area (Å²) in [5.74, 6) is 0. The van der Waals surface area contributed by atoms with Crippen LogP contribution in [0.4, 0.5) is 0 Å². The Bertz CT molecular complexity index is 129. The zero-order valence-corrected chi connectivity index (χ0v) is 9.51. The van der Waals surface area contributed by atoms with Crippen LogP contribution in [-0.2, 0) is 0 Å². The fourth-order valence-corrected chi connectivity index (χ4v) is 2.54. The van der Waals surface area contributed by atoms with Crippen LogP contribution in [0.1, 0.15) is 40.5 Å². The van der Waals surface area contributed by atoms with Crippen molar-refractivity contribution in [3.63, 3.8) is 0 Å². The van der Waals surface area contributed by atoms with E-state index in [1.54, 1.807) is 0 Å². The Kier molecular flexibility index (Phi) is 4.20. The van der Waals surface area contributed by atoms with Crippen LogP contribution in [0, 0.1) is 0 Å². The predicted octanol–water partition coefficient (Wildman–Crippen LogP) is 1.86. The van der Waals surface area contributed by atoms with Crippen molar-refractivity contribution in [2.24, 2.45) is 0 Å². The maximum atomic E-state index is 3.42. The Morgan fingerprint density at radius 1 is 1.00 bits per heavy atom. The normalized spacial score (nSPS) is 20.5. The highest BCUT2D eigenvalue weighted by Gasteiger charge is 2.24. The Morgan fingerprint density at radius 2 is 1.46 bits per heavy atom. The van der Waals surface area contributed by atoms with Gasteiger partial charge < -0.3 is 5.32 Å². The molecule has 1 rings (SSSR count). The molecule has 0 saturated carbocycles. The van der Waals surface area contributed by atoms with E-state index in [1.807, 2.05) is 0 Å². The number of hydrogen-bond acceptors (Lipinski definition) is 2. The second kappa shape index (κ2) is 4.97. The molecule has 0 bridgehead atoms. The lowest BCUT2D eigenvalue weighted by molar-refractivity contribution is 0.0908. The maximum absolute atomic E-state index is 3.42. The summed E-state index contributed by atoms with van der Waals surface area (Å²) in [6, 6.07) is 2.17. The molecule has 0 unspecified atom stereocenters. The summed E-state index contributed by atoms with van der Waals surface area (Å²) in [4.78, 5) is 2.65. The van der Waals surface area contributed by atoms with Crippen molar-refractivity contribution in [1.29, 1.82) is 0 Å². The van der Waals surface area contributed by atoms with Gasteiger partial charge in [-0.05, 0) is 53.6 Å². The highest BCUT2D eigenvalue weighted by Crippen LogP contribution is 2.17. The first-order valence-corrected chi connectivity index (χ1v) is 5.61.